The van der Waals surface area contributed by atoms with Crippen molar-refractivity contribution in [2.75, 3.05) is 6.54 Å². The fourth-order valence-corrected chi connectivity index (χ4v) is 3.34. The number of aryl methyl sites for hydroxylation is 2. The van der Waals surface area contributed by atoms with E-state index in [0.717, 1.165) is 30.4 Å². The van der Waals surface area contributed by atoms with Crippen LogP contribution in [-0.4, -0.2) is 23.2 Å². The van der Waals surface area contributed by atoms with Gasteiger partial charge < -0.3 is 14.5 Å². The minimum absolute atomic E-state index is 0.00705. The number of benzene rings is 1. The highest BCUT2D eigenvalue weighted by Gasteiger charge is 2.27. The van der Waals surface area contributed by atoms with Gasteiger partial charge in [0.1, 0.15) is 11.3 Å². The Labute approximate surface area is 135 Å². The number of rotatable bonds is 6. The van der Waals surface area contributed by atoms with Gasteiger partial charge >= 0.3 is 0 Å². The Morgan fingerprint density at radius 2 is 2.17 bits per heavy atom. The Hall–Kier alpha value is -2.17. The smallest absolute Gasteiger partial charge is 0.216 e. The first-order chi connectivity index (χ1) is 11.0. The molecule has 0 spiro atoms. The Bertz CT molecular complexity index is 748. The van der Waals surface area contributed by atoms with Crippen LogP contribution >= 0.6 is 0 Å². The molecule has 1 N–H and O–H groups in total. The molecule has 1 aliphatic carbocycles. The van der Waals surface area contributed by atoms with Gasteiger partial charge in [-0.2, -0.15) is 0 Å². The van der Waals surface area contributed by atoms with Crippen molar-refractivity contribution in [1.82, 2.24) is 10.3 Å². The molecule has 1 aliphatic rings. The van der Waals surface area contributed by atoms with Crippen LogP contribution in [0.25, 0.3) is 11.1 Å². The van der Waals surface area contributed by atoms with Gasteiger partial charge in [0.05, 0.1) is 0 Å². The van der Waals surface area contributed by atoms with Gasteiger partial charge in [-0.15, -0.1) is 0 Å². The Morgan fingerprint density at radius 1 is 1.35 bits per heavy atom. The van der Waals surface area contributed by atoms with Crippen LogP contribution in [0.5, 0.6) is 0 Å². The lowest BCUT2D eigenvalue weighted by Crippen LogP contribution is -2.22. The van der Waals surface area contributed by atoms with E-state index in [-0.39, 0.29) is 11.7 Å². The van der Waals surface area contributed by atoms with Crippen molar-refractivity contribution in [1.29, 1.82) is 0 Å². The largest absolute Gasteiger partial charge is 0.440 e. The number of fused-ring (bicyclic) bond motifs is 3. The van der Waals surface area contributed by atoms with E-state index in [4.69, 9.17) is 4.42 Å². The van der Waals surface area contributed by atoms with Crippen molar-refractivity contribution >= 4 is 22.8 Å². The van der Waals surface area contributed by atoms with Crippen LogP contribution in [-0.2, 0) is 22.4 Å². The molecule has 23 heavy (non-hydrogen) atoms. The van der Waals surface area contributed by atoms with Gasteiger partial charge in [0.15, 0.2) is 11.5 Å². The molecule has 122 valence electrons. The number of nitrogens with zero attached hydrogens (tertiary/aromatic N) is 1. The molecule has 0 radical (unpaired) electrons. The first kappa shape index (κ1) is 15.7. The molecule has 1 aromatic heterocycles. The number of carbonyl (C=O) groups is 2. The summed E-state index contributed by atoms with van der Waals surface area (Å²) in [5.74, 6) is 1.18. The Kier molecular flexibility index (Phi) is 4.46. The third kappa shape index (κ3) is 3.44. The zero-order valence-electron chi connectivity index (χ0n) is 13.6. The molecule has 3 rings (SSSR count). The van der Waals surface area contributed by atoms with E-state index in [1.165, 1.54) is 11.1 Å². The first-order valence-corrected chi connectivity index (χ1v) is 8.19. The predicted octanol–water partition coefficient (Wildman–Crippen LogP) is 2.91. The molecule has 5 nitrogen and oxygen atoms in total. The summed E-state index contributed by atoms with van der Waals surface area (Å²) in [4.78, 5) is 26.7. The van der Waals surface area contributed by atoms with E-state index in [1.54, 1.807) is 13.8 Å². The summed E-state index contributed by atoms with van der Waals surface area (Å²) in [5, 5.41) is 2.87. The summed E-state index contributed by atoms with van der Waals surface area (Å²) in [5.41, 5.74) is 4.30. The molecular formula is C18H22N2O3. The average Bonchev–Trinajstić information content (AvgIpc) is 3.07. The number of nitrogens with one attached hydrogen (secondary N) is 1. The van der Waals surface area contributed by atoms with Crippen molar-refractivity contribution in [2.24, 2.45) is 0 Å². The Balaban J connectivity index is 1.83. The van der Waals surface area contributed by atoms with Gasteiger partial charge in [-0.25, -0.2) is 4.98 Å². The first-order valence-electron chi connectivity index (χ1n) is 8.19. The summed E-state index contributed by atoms with van der Waals surface area (Å²) < 4.78 is 5.97. The summed E-state index contributed by atoms with van der Waals surface area (Å²) in [7, 11) is 0. The number of carbonyl (C=O) groups excluding carboxylic acids is 2. The SMILES string of the molecule is CC(=O)CCc1nc2ccc3c(c2o1)C(CCNC(C)=O)CC3. The number of ketones is 1. The van der Waals surface area contributed by atoms with Crippen LogP contribution in [0.2, 0.25) is 0 Å². The third-order valence-corrected chi connectivity index (χ3v) is 4.46. The molecule has 0 saturated heterocycles. The number of Topliss-reactive ketones (excluding diaryl/α,β-unsaturated/α-hetero) is 1. The molecule has 5 heteroatoms. The van der Waals surface area contributed by atoms with Crippen LogP contribution < -0.4 is 5.32 Å². The minimum Gasteiger partial charge on any atom is -0.440 e. The zero-order valence-corrected chi connectivity index (χ0v) is 13.6. The fourth-order valence-electron chi connectivity index (χ4n) is 3.34. The molecule has 1 amide bonds. The van der Waals surface area contributed by atoms with Gasteiger partial charge in [-0.1, -0.05) is 6.07 Å². The number of hydrogen-bond donors (Lipinski definition) is 1. The molecule has 1 aromatic carbocycles. The molecular weight excluding hydrogens is 292 g/mol. The second-order valence-corrected chi connectivity index (χ2v) is 6.30. The van der Waals surface area contributed by atoms with E-state index >= 15 is 0 Å². The van der Waals surface area contributed by atoms with Crippen LogP contribution in [0, 0.1) is 0 Å². The summed E-state index contributed by atoms with van der Waals surface area (Å²) in [6, 6.07) is 4.14. The van der Waals surface area contributed by atoms with Crippen molar-refractivity contribution < 1.29 is 14.0 Å². The highest BCUT2D eigenvalue weighted by Crippen LogP contribution is 2.40. The maximum atomic E-state index is 11.1. The number of oxazole rings is 1. The number of amides is 1. The number of aromatic nitrogens is 1. The summed E-state index contributed by atoms with van der Waals surface area (Å²) >= 11 is 0. The lowest BCUT2D eigenvalue weighted by molar-refractivity contribution is -0.119. The quantitative estimate of drug-likeness (QED) is 0.890. The molecule has 0 bridgehead atoms. The lowest BCUT2D eigenvalue weighted by Gasteiger charge is -2.11. The van der Waals surface area contributed by atoms with Gasteiger partial charge in [0.25, 0.3) is 0 Å². The zero-order chi connectivity index (χ0) is 16.4. The van der Waals surface area contributed by atoms with E-state index in [1.807, 2.05) is 6.07 Å². The molecule has 1 heterocycles. The average molecular weight is 314 g/mol. The van der Waals surface area contributed by atoms with Crippen LogP contribution in [0.1, 0.15) is 56.0 Å². The third-order valence-electron chi connectivity index (χ3n) is 4.46. The molecule has 2 aromatic rings. The second kappa shape index (κ2) is 6.52. The minimum atomic E-state index is 0.00705. The number of hydrogen-bond acceptors (Lipinski definition) is 4. The molecule has 1 unspecified atom stereocenters. The highest BCUT2D eigenvalue weighted by atomic mass is 16.3. The predicted molar refractivity (Wildman–Crippen MR) is 87.4 cm³/mol. The maximum Gasteiger partial charge on any atom is 0.216 e. The summed E-state index contributed by atoms with van der Waals surface area (Å²) in [6.45, 7) is 3.80. The van der Waals surface area contributed by atoms with Gasteiger partial charge in [-0.05, 0) is 43.7 Å². The molecule has 1 atom stereocenters. The van der Waals surface area contributed by atoms with Crippen LogP contribution in [0.15, 0.2) is 16.5 Å². The Morgan fingerprint density at radius 3 is 2.91 bits per heavy atom. The second-order valence-electron chi connectivity index (χ2n) is 6.30. The molecule has 0 aliphatic heterocycles. The highest BCUT2D eigenvalue weighted by molar-refractivity contribution is 5.80. The standard InChI is InChI=1S/C18H22N2O3/c1-11(21)3-8-16-20-15-7-6-13-4-5-14(9-10-19-12(2)22)17(13)18(15)23-16/h6-7,14H,3-5,8-10H2,1-2H3,(H,19,22). The summed E-state index contributed by atoms with van der Waals surface area (Å²) in [6.07, 6.45) is 4.04. The van der Waals surface area contributed by atoms with Crippen molar-refractivity contribution in [2.45, 2.75) is 51.9 Å². The molecule has 0 saturated carbocycles. The van der Waals surface area contributed by atoms with Crippen molar-refractivity contribution in [3.05, 3.63) is 29.2 Å². The van der Waals surface area contributed by atoms with Crippen LogP contribution in [0.4, 0.5) is 0 Å². The van der Waals surface area contributed by atoms with E-state index in [9.17, 15) is 9.59 Å². The van der Waals surface area contributed by atoms with E-state index in [0.29, 0.717) is 31.2 Å². The fraction of sp³-hybridized carbons (Fsp3) is 0.500. The normalized spacial score (nSPS) is 16.5. The maximum absolute atomic E-state index is 11.1. The van der Waals surface area contributed by atoms with E-state index < -0.39 is 0 Å². The van der Waals surface area contributed by atoms with Gasteiger partial charge in [0.2, 0.25) is 5.91 Å². The molecule has 0 fully saturated rings. The van der Waals surface area contributed by atoms with Crippen molar-refractivity contribution in [3.8, 4) is 0 Å². The van der Waals surface area contributed by atoms with Gasteiger partial charge in [-0.3, -0.25) is 4.79 Å². The van der Waals surface area contributed by atoms with Crippen LogP contribution in [0.3, 0.4) is 0 Å². The monoisotopic (exact) mass is 314 g/mol. The van der Waals surface area contributed by atoms with E-state index in [2.05, 4.69) is 16.4 Å². The van der Waals surface area contributed by atoms with Gasteiger partial charge in [0, 0.05) is 31.9 Å². The van der Waals surface area contributed by atoms with Crippen molar-refractivity contribution in [3.63, 3.8) is 0 Å². The lowest BCUT2D eigenvalue weighted by atomic mass is 9.97. The topological polar surface area (TPSA) is 72.2 Å².